The van der Waals surface area contributed by atoms with Crippen LogP contribution in [0.5, 0.6) is 0 Å². The molecule has 0 aliphatic carbocycles. The molecule has 112 valence electrons. The number of amides is 2. The Bertz CT molecular complexity index is 685. The second-order valence-corrected chi connectivity index (χ2v) is 4.97. The number of hydrogen-bond donors (Lipinski definition) is 2. The molecular weight excluding hydrogens is 282 g/mol. The van der Waals surface area contributed by atoms with Crippen molar-refractivity contribution in [3.8, 4) is 0 Å². The number of hydrogen-bond acceptors (Lipinski definition) is 4. The van der Waals surface area contributed by atoms with Crippen LogP contribution in [0.1, 0.15) is 11.3 Å². The van der Waals surface area contributed by atoms with Crippen LogP contribution in [0, 0.1) is 0 Å². The van der Waals surface area contributed by atoms with E-state index >= 15 is 0 Å². The summed E-state index contributed by atoms with van der Waals surface area (Å²) in [6.45, 7) is -0.887. The van der Waals surface area contributed by atoms with Crippen molar-refractivity contribution in [3.63, 3.8) is 0 Å². The number of nitrogens with two attached hydrogens (primary N) is 1. The van der Waals surface area contributed by atoms with Crippen molar-refractivity contribution in [2.24, 2.45) is 5.73 Å². The Hall–Kier alpha value is -2.29. The highest BCUT2D eigenvalue weighted by molar-refractivity contribution is 5.75. The minimum absolute atomic E-state index is 0.0513. The van der Waals surface area contributed by atoms with Crippen LogP contribution in [0.4, 0.5) is 13.6 Å². The van der Waals surface area contributed by atoms with E-state index in [9.17, 15) is 13.6 Å². The molecule has 2 aromatic heterocycles. The number of urea groups is 1. The highest BCUT2D eigenvalue weighted by Crippen LogP contribution is 2.20. The number of nitrogens with zero attached hydrogens (tertiary/aromatic N) is 4. The van der Waals surface area contributed by atoms with Gasteiger partial charge in [0, 0.05) is 13.1 Å². The fourth-order valence-corrected chi connectivity index (χ4v) is 2.22. The quantitative estimate of drug-likeness (QED) is 0.855. The number of rotatable bonds is 3. The number of nitrogens with one attached hydrogen (secondary N) is 1. The molecule has 2 aromatic rings. The van der Waals surface area contributed by atoms with Crippen LogP contribution in [0.15, 0.2) is 18.5 Å². The SMILES string of the molecule is NCc1cn2ncc(CN3CC(F)(F)CNC3=O)cc2n1. The third-order valence-corrected chi connectivity index (χ3v) is 3.22. The van der Waals surface area contributed by atoms with Gasteiger partial charge in [0.05, 0.1) is 31.2 Å². The van der Waals surface area contributed by atoms with Gasteiger partial charge in [-0.15, -0.1) is 0 Å². The lowest BCUT2D eigenvalue weighted by molar-refractivity contribution is -0.0367. The van der Waals surface area contributed by atoms with E-state index in [0.29, 0.717) is 23.4 Å². The van der Waals surface area contributed by atoms with Gasteiger partial charge in [0.25, 0.3) is 5.92 Å². The van der Waals surface area contributed by atoms with Crippen molar-refractivity contribution in [2.45, 2.75) is 19.0 Å². The molecular formula is C12H14F2N6O. The molecule has 7 nitrogen and oxygen atoms in total. The van der Waals surface area contributed by atoms with Crippen molar-refractivity contribution < 1.29 is 13.6 Å². The van der Waals surface area contributed by atoms with E-state index in [0.717, 1.165) is 4.90 Å². The first-order chi connectivity index (χ1) is 9.97. The van der Waals surface area contributed by atoms with Crippen LogP contribution in [-0.4, -0.2) is 44.5 Å². The highest BCUT2D eigenvalue weighted by Gasteiger charge is 2.38. The van der Waals surface area contributed by atoms with E-state index in [1.807, 2.05) is 0 Å². The Morgan fingerprint density at radius 1 is 1.48 bits per heavy atom. The van der Waals surface area contributed by atoms with E-state index in [-0.39, 0.29) is 6.54 Å². The summed E-state index contributed by atoms with van der Waals surface area (Å²) >= 11 is 0. The van der Waals surface area contributed by atoms with E-state index in [4.69, 9.17) is 5.73 Å². The van der Waals surface area contributed by atoms with E-state index in [1.165, 1.54) is 6.20 Å². The van der Waals surface area contributed by atoms with Crippen molar-refractivity contribution in [3.05, 3.63) is 29.7 Å². The maximum Gasteiger partial charge on any atom is 0.318 e. The predicted octanol–water partition coefficient (Wildman–Crippen LogP) is 0.348. The van der Waals surface area contributed by atoms with Gasteiger partial charge >= 0.3 is 6.03 Å². The molecule has 0 atom stereocenters. The molecule has 3 N–H and O–H groups in total. The lowest BCUT2D eigenvalue weighted by atomic mass is 10.2. The normalized spacial score (nSPS) is 18.0. The lowest BCUT2D eigenvalue weighted by Gasteiger charge is -2.32. The smallest absolute Gasteiger partial charge is 0.318 e. The first kappa shape index (κ1) is 13.7. The monoisotopic (exact) mass is 296 g/mol. The number of carbonyl (C=O) groups excluding carboxylic acids is 1. The maximum atomic E-state index is 13.3. The summed E-state index contributed by atoms with van der Waals surface area (Å²) in [6.07, 6.45) is 3.22. The van der Waals surface area contributed by atoms with E-state index in [2.05, 4.69) is 15.4 Å². The van der Waals surface area contributed by atoms with Crippen LogP contribution in [-0.2, 0) is 13.1 Å². The van der Waals surface area contributed by atoms with Crippen molar-refractivity contribution in [1.82, 2.24) is 24.8 Å². The molecule has 0 saturated carbocycles. The predicted molar refractivity (Wildman–Crippen MR) is 69.6 cm³/mol. The summed E-state index contributed by atoms with van der Waals surface area (Å²) in [6, 6.07) is 1.19. The third kappa shape index (κ3) is 2.77. The van der Waals surface area contributed by atoms with Crippen LogP contribution >= 0.6 is 0 Å². The number of aromatic nitrogens is 3. The number of halogens is 2. The van der Waals surface area contributed by atoms with Crippen molar-refractivity contribution in [1.29, 1.82) is 0 Å². The zero-order valence-electron chi connectivity index (χ0n) is 11.1. The lowest BCUT2D eigenvalue weighted by Crippen LogP contribution is -2.56. The standard InChI is InChI=1S/C12H14F2N6O/c13-12(14)6-16-11(21)19(7-12)4-8-1-10-18-9(2-15)5-20(10)17-3-8/h1,3,5H,2,4,6-7,15H2,(H,16,21). The van der Waals surface area contributed by atoms with Gasteiger partial charge in [0.2, 0.25) is 0 Å². The molecule has 1 aliphatic heterocycles. The summed E-state index contributed by atoms with van der Waals surface area (Å²) in [7, 11) is 0. The Labute approximate surface area is 118 Å². The Kier molecular flexibility index (Phi) is 3.20. The molecule has 2 amide bonds. The van der Waals surface area contributed by atoms with Gasteiger partial charge in [-0.3, -0.25) is 0 Å². The van der Waals surface area contributed by atoms with E-state index < -0.39 is 25.0 Å². The highest BCUT2D eigenvalue weighted by atomic mass is 19.3. The van der Waals surface area contributed by atoms with Gasteiger partial charge in [0.1, 0.15) is 0 Å². The van der Waals surface area contributed by atoms with Crippen LogP contribution < -0.4 is 11.1 Å². The molecule has 0 aromatic carbocycles. The molecule has 3 rings (SSSR count). The molecule has 0 unspecified atom stereocenters. The molecule has 1 aliphatic rings. The maximum absolute atomic E-state index is 13.3. The van der Waals surface area contributed by atoms with Gasteiger partial charge in [-0.1, -0.05) is 0 Å². The van der Waals surface area contributed by atoms with Crippen LogP contribution in [0.2, 0.25) is 0 Å². The van der Waals surface area contributed by atoms with Gasteiger partial charge in [-0.25, -0.2) is 23.1 Å². The topological polar surface area (TPSA) is 88.5 Å². The summed E-state index contributed by atoms with van der Waals surface area (Å²) in [4.78, 5) is 16.9. The first-order valence-electron chi connectivity index (χ1n) is 6.41. The molecule has 0 radical (unpaired) electrons. The van der Waals surface area contributed by atoms with Gasteiger partial charge < -0.3 is 16.0 Å². The number of fused-ring (bicyclic) bond motifs is 1. The van der Waals surface area contributed by atoms with Gasteiger partial charge in [-0.2, -0.15) is 5.10 Å². The Morgan fingerprint density at radius 2 is 2.29 bits per heavy atom. The average Bonchev–Trinajstić information content (AvgIpc) is 2.85. The molecule has 0 bridgehead atoms. The van der Waals surface area contributed by atoms with Gasteiger partial charge in [0.15, 0.2) is 5.65 Å². The zero-order valence-corrected chi connectivity index (χ0v) is 11.1. The summed E-state index contributed by atoms with van der Waals surface area (Å²) in [5, 5.41) is 6.30. The number of alkyl halides is 2. The Balaban J connectivity index is 1.82. The molecule has 3 heterocycles. The van der Waals surface area contributed by atoms with Gasteiger partial charge in [-0.05, 0) is 11.6 Å². The van der Waals surface area contributed by atoms with Crippen LogP contribution in [0.25, 0.3) is 5.65 Å². The fourth-order valence-electron chi connectivity index (χ4n) is 2.22. The number of carbonyl (C=O) groups is 1. The minimum Gasteiger partial charge on any atom is -0.332 e. The van der Waals surface area contributed by atoms with Crippen molar-refractivity contribution >= 4 is 11.7 Å². The second-order valence-electron chi connectivity index (χ2n) is 4.97. The molecule has 1 fully saturated rings. The largest absolute Gasteiger partial charge is 0.332 e. The fraction of sp³-hybridized carbons (Fsp3) is 0.417. The third-order valence-electron chi connectivity index (χ3n) is 3.22. The number of imidazole rings is 1. The molecule has 21 heavy (non-hydrogen) atoms. The minimum atomic E-state index is -2.93. The van der Waals surface area contributed by atoms with Crippen LogP contribution in [0.3, 0.4) is 0 Å². The average molecular weight is 296 g/mol. The van der Waals surface area contributed by atoms with Crippen molar-refractivity contribution in [2.75, 3.05) is 13.1 Å². The summed E-state index contributed by atoms with van der Waals surface area (Å²) in [5.41, 5.74) is 7.38. The molecule has 0 spiro atoms. The second kappa shape index (κ2) is 4.92. The zero-order chi connectivity index (χ0) is 15.0. The first-order valence-corrected chi connectivity index (χ1v) is 6.41. The van der Waals surface area contributed by atoms with E-state index in [1.54, 1.807) is 16.8 Å². The summed E-state index contributed by atoms with van der Waals surface area (Å²) < 4.78 is 28.2. The molecule has 1 saturated heterocycles. The summed E-state index contributed by atoms with van der Waals surface area (Å²) in [5.74, 6) is -2.93. The Morgan fingerprint density at radius 3 is 3.05 bits per heavy atom. The molecule has 9 heteroatoms.